The number of aromatic nitrogens is 4. The van der Waals surface area contributed by atoms with E-state index < -0.39 is 0 Å². The summed E-state index contributed by atoms with van der Waals surface area (Å²) in [7, 11) is 0. The van der Waals surface area contributed by atoms with E-state index in [1.165, 1.54) is 10.8 Å². The summed E-state index contributed by atoms with van der Waals surface area (Å²) in [6, 6.07) is 15.0. The molecule has 0 spiro atoms. The molecule has 0 aliphatic rings. The van der Waals surface area contributed by atoms with Crippen molar-refractivity contribution in [3.05, 3.63) is 71.7 Å². The number of imidazole rings is 2. The molecule has 0 atom stereocenters. The number of rotatable bonds is 3. The van der Waals surface area contributed by atoms with Gasteiger partial charge in [-0.2, -0.15) is 0 Å². The number of hydrogen-bond acceptors (Lipinski definition) is 3. The zero-order valence-electron chi connectivity index (χ0n) is 17.1. The Bertz CT molecular complexity index is 1650. The molecule has 3 aromatic carbocycles. The third-order valence-electron chi connectivity index (χ3n) is 5.89. The van der Waals surface area contributed by atoms with Crippen LogP contribution in [0.1, 0.15) is 25.6 Å². The van der Waals surface area contributed by atoms with Gasteiger partial charge >= 0.3 is 0 Å². The second kappa shape index (κ2) is 6.68. The molecule has 0 saturated carbocycles. The Labute approximate surface area is 183 Å². The van der Waals surface area contributed by atoms with Crippen LogP contribution in [-0.2, 0) is 0 Å². The van der Waals surface area contributed by atoms with E-state index >= 15 is 0 Å². The maximum atomic E-state index is 5.96. The van der Waals surface area contributed by atoms with Gasteiger partial charge in [-0.15, -0.1) is 0 Å². The van der Waals surface area contributed by atoms with Crippen molar-refractivity contribution < 1.29 is 4.42 Å². The molecule has 0 saturated heterocycles. The second-order valence-corrected chi connectivity index (χ2v) is 8.59. The predicted molar refractivity (Wildman–Crippen MR) is 128 cm³/mol. The molecular formula is C25H20N4OS. The summed E-state index contributed by atoms with van der Waals surface area (Å²) >= 11 is 5.19. The quantitative estimate of drug-likeness (QED) is 0.206. The monoisotopic (exact) mass is 424 g/mol. The topological polar surface area (TPSA) is 73.4 Å². The first-order chi connectivity index (χ1) is 15.1. The molecule has 152 valence electrons. The van der Waals surface area contributed by atoms with Crippen molar-refractivity contribution in [1.29, 1.82) is 0 Å². The Morgan fingerprint density at radius 2 is 1.58 bits per heavy atom. The van der Waals surface area contributed by atoms with E-state index in [-0.39, 0.29) is 0 Å². The van der Waals surface area contributed by atoms with Crippen LogP contribution in [-0.4, -0.2) is 19.9 Å². The van der Waals surface area contributed by atoms with Gasteiger partial charge in [0.25, 0.3) is 0 Å². The van der Waals surface area contributed by atoms with Crippen molar-refractivity contribution >= 4 is 44.7 Å². The first kappa shape index (κ1) is 18.2. The maximum Gasteiger partial charge on any atom is 0.174 e. The highest BCUT2D eigenvalue weighted by atomic mass is 32.1. The van der Waals surface area contributed by atoms with Crippen LogP contribution in [0.2, 0.25) is 0 Å². The van der Waals surface area contributed by atoms with Gasteiger partial charge in [-0.05, 0) is 46.6 Å². The number of fused-ring (bicyclic) bond motifs is 6. The van der Waals surface area contributed by atoms with Gasteiger partial charge in [0, 0.05) is 34.0 Å². The first-order valence-corrected chi connectivity index (χ1v) is 10.7. The van der Waals surface area contributed by atoms with Crippen molar-refractivity contribution in [3.8, 4) is 22.5 Å². The Morgan fingerprint density at radius 1 is 0.839 bits per heavy atom. The van der Waals surface area contributed by atoms with E-state index in [1.54, 1.807) is 6.26 Å². The van der Waals surface area contributed by atoms with Crippen molar-refractivity contribution in [2.45, 2.75) is 19.8 Å². The van der Waals surface area contributed by atoms with Gasteiger partial charge in [0.1, 0.15) is 11.4 Å². The van der Waals surface area contributed by atoms with E-state index in [1.807, 2.05) is 18.5 Å². The van der Waals surface area contributed by atoms with E-state index in [0.29, 0.717) is 10.7 Å². The minimum atomic E-state index is 0.363. The highest BCUT2D eigenvalue weighted by molar-refractivity contribution is 7.71. The van der Waals surface area contributed by atoms with Gasteiger partial charge in [-0.25, -0.2) is 4.98 Å². The summed E-state index contributed by atoms with van der Waals surface area (Å²) in [6.07, 6.45) is 5.57. The molecule has 0 amide bonds. The first-order valence-electron chi connectivity index (χ1n) is 10.3. The standard InChI is InChI=1S/C25H20N4OS/c1-13(2)24-26-11-21(28-24)14-3-5-16-17-6-4-15(22-12-27-25(31)29-22)10-20(17)23-18(7-8-30-23)19(16)9-14/h3-13H,1-2H3,(H,26,28)(H2,27,29,31). The van der Waals surface area contributed by atoms with Crippen LogP contribution in [0.4, 0.5) is 0 Å². The van der Waals surface area contributed by atoms with Gasteiger partial charge in [-0.3, -0.25) is 0 Å². The van der Waals surface area contributed by atoms with Crippen LogP contribution in [0.5, 0.6) is 0 Å². The van der Waals surface area contributed by atoms with Gasteiger partial charge in [0.05, 0.1) is 23.8 Å². The van der Waals surface area contributed by atoms with Crippen molar-refractivity contribution in [2.24, 2.45) is 0 Å². The smallest absolute Gasteiger partial charge is 0.174 e. The van der Waals surface area contributed by atoms with Crippen molar-refractivity contribution in [1.82, 2.24) is 19.9 Å². The summed E-state index contributed by atoms with van der Waals surface area (Å²) in [5.74, 6) is 1.36. The Morgan fingerprint density at radius 3 is 2.29 bits per heavy atom. The molecule has 6 heteroatoms. The maximum absolute atomic E-state index is 5.96. The molecule has 3 heterocycles. The molecular weight excluding hydrogens is 404 g/mol. The molecule has 0 bridgehead atoms. The van der Waals surface area contributed by atoms with Gasteiger partial charge in [0.15, 0.2) is 4.77 Å². The van der Waals surface area contributed by atoms with Crippen LogP contribution in [0.25, 0.3) is 55.0 Å². The van der Waals surface area contributed by atoms with Gasteiger partial charge < -0.3 is 19.4 Å². The summed E-state index contributed by atoms with van der Waals surface area (Å²) in [6.45, 7) is 4.28. The Kier molecular flexibility index (Phi) is 3.91. The lowest BCUT2D eigenvalue weighted by Gasteiger charge is -2.09. The summed E-state index contributed by atoms with van der Waals surface area (Å²) in [5.41, 5.74) is 5.06. The SMILES string of the molecule is CC(C)c1ncc(-c2ccc3c(c2)c2ccoc2c2cc(-c4c[nH]c(=S)[nH]4)ccc32)[nH]1. The molecule has 0 unspecified atom stereocenters. The highest BCUT2D eigenvalue weighted by Crippen LogP contribution is 2.39. The number of H-pyrrole nitrogens is 3. The predicted octanol–water partition coefficient (Wildman–Crippen LogP) is 7.31. The fourth-order valence-electron chi connectivity index (χ4n) is 4.30. The Balaban J connectivity index is 1.60. The summed E-state index contributed by atoms with van der Waals surface area (Å²) in [5, 5.41) is 5.72. The van der Waals surface area contributed by atoms with E-state index in [9.17, 15) is 0 Å². The lowest BCUT2D eigenvalue weighted by atomic mass is 9.95. The molecule has 6 aromatic rings. The number of aromatic amines is 3. The minimum absolute atomic E-state index is 0.363. The number of furan rings is 1. The van der Waals surface area contributed by atoms with Crippen LogP contribution in [0.3, 0.4) is 0 Å². The molecule has 0 radical (unpaired) electrons. The van der Waals surface area contributed by atoms with Gasteiger partial charge in [-0.1, -0.05) is 38.1 Å². The zero-order chi connectivity index (χ0) is 21.1. The van der Waals surface area contributed by atoms with Crippen LogP contribution < -0.4 is 0 Å². The lowest BCUT2D eigenvalue weighted by molar-refractivity contribution is 0.619. The number of benzene rings is 3. The van der Waals surface area contributed by atoms with Crippen molar-refractivity contribution in [2.75, 3.05) is 0 Å². The fraction of sp³-hybridized carbons (Fsp3) is 0.120. The van der Waals surface area contributed by atoms with E-state index in [0.717, 1.165) is 50.1 Å². The summed E-state index contributed by atoms with van der Waals surface area (Å²) in [4.78, 5) is 14.2. The van der Waals surface area contributed by atoms with Crippen LogP contribution in [0, 0.1) is 4.77 Å². The fourth-order valence-corrected chi connectivity index (χ4v) is 4.47. The molecule has 31 heavy (non-hydrogen) atoms. The zero-order valence-corrected chi connectivity index (χ0v) is 17.9. The van der Waals surface area contributed by atoms with E-state index in [2.05, 4.69) is 70.2 Å². The van der Waals surface area contributed by atoms with Crippen LogP contribution >= 0.6 is 12.2 Å². The normalized spacial score (nSPS) is 12.0. The minimum Gasteiger partial charge on any atom is -0.464 e. The number of nitrogens with one attached hydrogen (secondary N) is 3. The van der Waals surface area contributed by atoms with E-state index in [4.69, 9.17) is 16.6 Å². The molecule has 3 aromatic heterocycles. The average Bonchev–Trinajstić information content (AvgIpc) is 3.53. The Hall–Kier alpha value is -3.64. The van der Waals surface area contributed by atoms with Crippen molar-refractivity contribution in [3.63, 3.8) is 0 Å². The second-order valence-electron chi connectivity index (χ2n) is 8.18. The average molecular weight is 425 g/mol. The van der Waals surface area contributed by atoms with Crippen LogP contribution in [0.15, 0.2) is 65.5 Å². The number of hydrogen-bond donors (Lipinski definition) is 3. The largest absolute Gasteiger partial charge is 0.464 e. The third-order valence-corrected chi connectivity index (χ3v) is 6.11. The third kappa shape index (κ3) is 2.83. The molecule has 6 rings (SSSR count). The molecule has 0 fully saturated rings. The molecule has 3 N–H and O–H groups in total. The lowest BCUT2D eigenvalue weighted by Crippen LogP contribution is -1.89. The molecule has 0 aliphatic carbocycles. The summed E-state index contributed by atoms with van der Waals surface area (Å²) < 4.78 is 6.57. The molecule has 5 nitrogen and oxygen atoms in total. The number of nitrogens with zero attached hydrogens (tertiary/aromatic N) is 1. The molecule has 0 aliphatic heterocycles. The highest BCUT2D eigenvalue weighted by Gasteiger charge is 2.14. The van der Waals surface area contributed by atoms with Gasteiger partial charge in [0.2, 0.25) is 0 Å².